The van der Waals surface area contributed by atoms with E-state index in [1.54, 1.807) is 12.1 Å². The molecule has 1 saturated heterocycles. The molecule has 0 saturated carbocycles. The van der Waals surface area contributed by atoms with Crippen molar-refractivity contribution in [1.82, 2.24) is 0 Å². The van der Waals surface area contributed by atoms with Crippen molar-refractivity contribution in [2.24, 2.45) is 0 Å². The van der Waals surface area contributed by atoms with E-state index in [4.69, 9.17) is 25.8 Å². The number of aliphatic hydroxyl groups is 4. The molecule has 1 fully saturated rings. The molecule has 168 valence electrons. The standard InChI is InChI=1S/C23H27ClO7/c1-12(2)14-5-3-13(4-6-14)7-15-8-16-18(9-17(15)24)29-11-30-23(16)22(28)21(27)20(26)19(10-25)31-23/h3-6,8-9,12,19-22,25-28H,7,10-11H2,1-2H3/t19-,20-,21+,22-,23+/m1/s1. The van der Waals surface area contributed by atoms with Crippen LogP contribution in [0.4, 0.5) is 0 Å². The minimum absolute atomic E-state index is 0.253. The van der Waals surface area contributed by atoms with E-state index in [2.05, 4.69) is 26.0 Å². The molecule has 31 heavy (non-hydrogen) atoms. The van der Waals surface area contributed by atoms with Crippen LogP contribution >= 0.6 is 11.6 Å². The second-order valence-corrected chi connectivity index (χ2v) is 8.76. The average molecular weight is 451 g/mol. The Hall–Kier alpha value is -1.71. The van der Waals surface area contributed by atoms with Gasteiger partial charge in [-0.15, -0.1) is 0 Å². The molecule has 0 aromatic heterocycles. The monoisotopic (exact) mass is 450 g/mol. The van der Waals surface area contributed by atoms with E-state index < -0.39 is 36.8 Å². The van der Waals surface area contributed by atoms with Crippen molar-refractivity contribution >= 4 is 11.6 Å². The zero-order valence-corrected chi connectivity index (χ0v) is 18.1. The summed E-state index contributed by atoms with van der Waals surface area (Å²) in [5.41, 5.74) is 3.38. The highest BCUT2D eigenvalue weighted by Gasteiger charge is 2.58. The number of hydrogen-bond acceptors (Lipinski definition) is 7. The van der Waals surface area contributed by atoms with E-state index in [0.717, 1.165) is 11.1 Å². The summed E-state index contributed by atoms with van der Waals surface area (Å²) in [5, 5.41) is 41.4. The molecule has 0 radical (unpaired) electrons. The molecule has 4 rings (SSSR count). The van der Waals surface area contributed by atoms with Crippen LogP contribution in [-0.2, 0) is 21.7 Å². The topological polar surface area (TPSA) is 109 Å². The van der Waals surface area contributed by atoms with Gasteiger partial charge in [-0.25, -0.2) is 0 Å². The van der Waals surface area contributed by atoms with Crippen LogP contribution < -0.4 is 4.74 Å². The third kappa shape index (κ3) is 3.96. The maximum atomic E-state index is 10.8. The molecular formula is C23H27ClO7. The van der Waals surface area contributed by atoms with Gasteiger partial charge in [-0.3, -0.25) is 0 Å². The molecular weight excluding hydrogens is 424 g/mol. The van der Waals surface area contributed by atoms with E-state index in [-0.39, 0.29) is 6.79 Å². The third-order valence-electron chi connectivity index (χ3n) is 6.00. The van der Waals surface area contributed by atoms with Crippen molar-refractivity contribution in [3.8, 4) is 5.75 Å². The first-order valence-electron chi connectivity index (χ1n) is 10.3. The number of hydrogen-bond donors (Lipinski definition) is 4. The minimum atomic E-state index is -1.81. The van der Waals surface area contributed by atoms with Crippen LogP contribution in [0, 0.1) is 0 Å². The molecule has 7 nitrogen and oxygen atoms in total. The Morgan fingerprint density at radius 3 is 2.45 bits per heavy atom. The number of aliphatic hydroxyl groups excluding tert-OH is 4. The summed E-state index contributed by atoms with van der Waals surface area (Å²) >= 11 is 6.51. The molecule has 4 N–H and O–H groups in total. The molecule has 0 aliphatic carbocycles. The molecule has 0 unspecified atom stereocenters. The lowest BCUT2D eigenvalue weighted by atomic mass is 9.86. The summed E-state index contributed by atoms with van der Waals surface area (Å²) in [7, 11) is 0. The fourth-order valence-corrected chi connectivity index (χ4v) is 4.33. The highest BCUT2D eigenvalue weighted by molar-refractivity contribution is 6.31. The lowest BCUT2D eigenvalue weighted by molar-refractivity contribution is -0.389. The van der Waals surface area contributed by atoms with Crippen molar-refractivity contribution in [2.75, 3.05) is 13.4 Å². The fraction of sp³-hybridized carbons (Fsp3) is 0.478. The molecule has 0 amide bonds. The molecule has 2 aromatic carbocycles. The fourth-order valence-electron chi connectivity index (χ4n) is 4.11. The number of halogens is 1. The first-order chi connectivity index (χ1) is 14.8. The Labute approximate surface area is 185 Å². The van der Waals surface area contributed by atoms with Crippen LogP contribution in [-0.4, -0.2) is 58.2 Å². The summed E-state index contributed by atoms with van der Waals surface area (Å²) < 4.78 is 17.0. The Morgan fingerprint density at radius 1 is 1.10 bits per heavy atom. The SMILES string of the molecule is CC(C)c1ccc(Cc2cc3c(cc2Cl)OCO[C@]32O[C@H](CO)[C@@H](O)[C@H](O)[C@H]2O)cc1. The summed E-state index contributed by atoms with van der Waals surface area (Å²) in [6.45, 7) is 3.46. The summed E-state index contributed by atoms with van der Waals surface area (Å²) in [6.07, 6.45) is -5.28. The van der Waals surface area contributed by atoms with Gasteiger partial charge in [0.1, 0.15) is 30.2 Å². The highest BCUT2D eigenvalue weighted by Crippen LogP contribution is 2.47. The smallest absolute Gasteiger partial charge is 0.231 e. The van der Waals surface area contributed by atoms with Gasteiger partial charge < -0.3 is 34.6 Å². The minimum Gasteiger partial charge on any atom is -0.467 e. The number of rotatable bonds is 4. The van der Waals surface area contributed by atoms with Crippen molar-refractivity contribution < 1.29 is 34.6 Å². The van der Waals surface area contributed by atoms with Crippen LogP contribution in [0.3, 0.4) is 0 Å². The Kier molecular flexibility index (Phi) is 6.29. The molecule has 5 atom stereocenters. The first-order valence-corrected chi connectivity index (χ1v) is 10.7. The molecule has 1 spiro atoms. The van der Waals surface area contributed by atoms with Gasteiger partial charge in [0.2, 0.25) is 5.79 Å². The maximum absolute atomic E-state index is 10.8. The molecule has 2 aliphatic heterocycles. The van der Waals surface area contributed by atoms with E-state index in [0.29, 0.717) is 28.7 Å². The average Bonchev–Trinajstić information content (AvgIpc) is 2.76. The molecule has 2 aliphatic rings. The Morgan fingerprint density at radius 2 is 1.81 bits per heavy atom. The molecule has 2 aromatic rings. The van der Waals surface area contributed by atoms with Gasteiger partial charge in [0.25, 0.3) is 0 Å². The Balaban J connectivity index is 1.72. The van der Waals surface area contributed by atoms with Gasteiger partial charge in [0.05, 0.1) is 12.2 Å². The van der Waals surface area contributed by atoms with Crippen molar-refractivity contribution in [1.29, 1.82) is 0 Å². The van der Waals surface area contributed by atoms with Crippen LogP contribution in [0.2, 0.25) is 5.02 Å². The van der Waals surface area contributed by atoms with Gasteiger partial charge >= 0.3 is 0 Å². The summed E-state index contributed by atoms with van der Waals surface area (Å²) in [6, 6.07) is 11.6. The van der Waals surface area contributed by atoms with Crippen LogP contribution in [0.1, 0.15) is 42.0 Å². The number of benzene rings is 2. The van der Waals surface area contributed by atoms with Gasteiger partial charge in [0, 0.05) is 5.02 Å². The lowest BCUT2D eigenvalue weighted by Gasteiger charge is -2.49. The quantitative estimate of drug-likeness (QED) is 0.564. The zero-order chi connectivity index (χ0) is 22.3. The number of ether oxygens (including phenoxy) is 3. The largest absolute Gasteiger partial charge is 0.467 e. The van der Waals surface area contributed by atoms with E-state index >= 15 is 0 Å². The lowest BCUT2D eigenvalue weighted by Crippen LogP contribution is -2.65. The van der Waals surface area contributed by atoms with Crippen molar-refractivity contribution in [2.45, 2.75) is 56.4 Å². The number of fused-ring (bicyclic) bond motifs is 2. The normalized spacial score (nSPS) is 30.3. The van der Waals surface area contributed by atoms with Gasteiger partial charge in [-0.05, 0) is 41.2 Å². The van der Waals surface area contributed by atoms with Crippen molar-refractivity contribution in [3.63, 3.8) is 0 Å². The highest BCUT2D eigenvalue weighted by atomic mass is 35.5. The molecule has 2 heterocycles. The second-order valence-electron chi connectivity index (χ2n) is 8.35. The van der Waals surface area contributed by atoms with Gasteiger partial charge in [-0.2, -0.15) is 0 Å². The Bertz CT molecular complexity index is 930. The van der Waals surface area contributed by atoms with E-state index in [1.807, 2.05) is 12.1 Å². The predicted molar refractivity (Wildman–Crippen MR) is 113 cm³/mol. The van der Waals surface area contributed by atoms with E-state index in [9.17, 15) is 20.4 Å². The van der Waals surface area contributed by atoms with Crippen LogP contribution in [0.15, 0.2) is 36.4 Å². The van der Waals surface area contributed by atoms with E-state index in [1.165, 1.54) is 5.56 Å². The third-order valence-corrected chi connectivity index (χ3v) is 6.35. The molecule has 0 bridgehead atoms. The molecule has 8 heteroatoms. The second kappa shape index (κ2) is 8.67. The van der Waals surface area contributed by atoms with Crippen LogP contribution in [0.25, 0.3) is 0 Å². The van der Waals surface area contributed by atoms with Gasteiger partial charge in [-0.1, -0.05) is 49.7 Å². The first kappa shape index (κ1) is 22.5. The summed E-state index contributed by atoms with van der Waals surface area (Å²) in [4.78, 5) is 0. The predicted octanol–water partition coefficient (Wildman–Crippen LogP) is 2.05. The van der Waals surface area contributed by atoms with Crippen molar-refractivity contribution in [3.05, 3.63) is 63.7 Å². The summed E-state index contributed by atoms with van der Waals surface area (Å²) in [5.74, 6) is -1.03. The van der Waals surface area contributed by atoms with Gasteiger partial charge in [0.15, 0.2) is 6.79 Å². The van der Waals surface area contributed by atoms with Crippen LogP contribution in [0.5, 0.6) is 5.75 Å². The maximum Gasteiger partial charge on any atom is 0.231 e. The zero-order valence-electron chi connectivity index (χ0n) is 17.4.